The number of ketones is 1. The predicted octanol–water partition coefficient (Wildman–Crippen LogP) is 2.01. The van der Waals surface area contributed by atoms with Crippen LogP contribution >= 0.6 is 0 Å². The van der Waals surface area contributed by atoms with Gasteiger partial charge in [0.1, 0.15) is 5.78 Å². The third-order valence-electron chi connectivity index (χ3n) is 4.34. The molecule has 0 aliphatic carbocycles. The summed E-state index contributed by atoms with van der Waals surface area (Å²) in [6.07, 6.45) is 5.20. The summed E-state index contributed by atoms with van der Waals surface area (Å²) >= 11 is 0. The predicted molar refractivity (Wildman–Crippen MR) is 67.9 cm³/mol. The molecule has 3 nitrogen and oxygen atoms in total. The highest BCUT2D eigenvalue weighted by molar-refractivity contribution is 5.81. The summed E-state index contributed by atoms with van der Waals surface area (Å²) in [4.78, 5) is 12.2. The van der Waals surface area contributed by atoms with E-state index in [4.69, 9.17) is 4.74 Å². The van der Waals surface area contributed by atoms with Gasteiger partial charge in [0, 0.05) is 25.6 Å². The molecule has 2 aliphatic heterocycles. The van der Waals surface area contributed by atoms with Crippen LogP contribution in [0.25, 0.3) is 0 Å². The SMILES string of the molecule is CC(CC(=O)C1CCOCC1)C1CCCNC1. The van der Waals surface area contributed by atoms with E-state index in [1.54, 1.807) is 0 Å². The van der Waals surface area contributed by atoms with Crippen LogP contribution in [0.15, 0.2) is 0 Å². The molecule has 0 bridgehead atoms. The van der Waals surface area contributed by atoms with Crippen molar-refractivity contribution in [2.45, 2.75) is 39.0 Å². The first-order valence-electron chi connectivity index (χ1n) is 7.08. The monoisotopic (exact) mass is 239 g/mol. The molecule has 0 amide bonds. The molecular weight excluding hydrogens is 214 g/mol. The van der Waals surface area contributed by atoms with E-state index in [1.165, 1.54) is 12.8 Å². The van der Waals surface area contributed by atoms with Crippen molar-refractivity contribution in [3.63, 3.8) is 0 Å². The Morgan fingerprint density at radius 1 is 1.35 bits per heavy atom. The van der Waals surface area contributed by atoms with Gasteiger partial charge in [-0.05, 0) is 50.6 Å². The number of ether oxygens (including phenoxy) is 1. The Kier molecular flexibility index (Phi) is 4.99. The number of piperidine rings is 1. The Bertz CT molecular complexity index is 243. The van der Waals surface area contributed by atoms with Gasteiger partial charge in [-0.3, -0.25) is 4.79 Å². The molecule has 3 heteroatoms. The minimum atomic E-state index is 0.280. The zero-order valence-electron chi connectivity index (χ0n) is 10.9. The molecule has 2 unspecified atom stereocenters. The second-order valence-electron chi connectivity index (χ2n) is 5.64. The molecule has 2 saturated heterocycles. The first-order chi connectivity index (χ1) is 8.27. The van der Waals surface area contributed by atoms with Crippen LogP contribution in [-0.4, -0.2) is 32.1 Å². The quantitative estimate of drug-likeness (QED) is 0.815. The molecule has 0 aromatic rings. The maximum atomic E-state index is 12.2. The second-order valence-corrected chi connectivity index (χ2v) is 5.64. The van der Waals surface area contributed by atoms with Crippen molar-refractivity contribution in [3.8, 4) is 0 Å². The minimum absolute atomic E-state index is 0.280. The molecule has 17 heavy (non-hydrogen) atoms. The zero-order chi connectivity index (χ0) is 12.1. The number of hydrogen-bond donors (Lipinski definition) is 1. The standard InChI is InChI=1S/C14H25NO2/c1-11(13-3-2-6-15-10-13)9-14(16)12-4-7-17-8-5-12/h11-13,15H,2-10H2,1H3. The van der Waals surface area contributed by atoms with E-state index in [0.717, 1.165) is 45.6 Å². The largest absolute Gasteiger partial charge is 0.381 e. The van der Waals surface area contributed by atoms with E-state index in [0.29, 0.717) is 17.6 Å². The Morgan fingerprint density at radius 2 is 2.12 bits per heavy atom. The molecule has 0 aromatic carbocycles. The Hall–Kier alpha value is -0.410. The van der Waals surface area contributed by atoms with Crippen molar-refractivity contribution >= 4 is 5.78 Å². The fourth-order valence-corrected chi connectivity index (χ4v) is 3.03. The lowest BCUT2D eigenvalue weighted by molar-refractivity contribution is -0.126. The molecule has 2 fully saturated rings. The molecule has 2 atom stereocenters. The van der Waals surface area contributed by atoms with Crippen LogP contribution < -0.4 is 5.32 Å². The summed E-state index contributed by atoms with van der Waals surface area (Å²) in [6.45, 7) is 6.04. The first-order valence-corrected chi connectivity index (χ1v) is 7.08. The summed E-state index contributed by atoms with van der Waals surface area (Å²) in [7, 11) is 0. The van der Waals surface area contributed by atoms with Gasteiger partial charge in [0.05, 0.1) is 0 Å². The molecule has 0 spiro atoms. The van der Waals surface area contributed by atoms with Crippen LogP contribution in [0.5, 0.6) is 0 Å². The Balaban J connectivity index is 1.76. The maximum Gasteiger partial charge on any atom is 0.136 e. The lowest BCUT2D eigenvalue weighted by Crippen LogP contribution is -2.35. The molecule has 0 radical (unpaired) electrons. The van der Waals surface area contributed by atoms with Crippen LogP contribution in [0.2, 0.25) is 0 Å². The molecule has 2 heterocycles. The highest BCUT2D eigenvalue weighted by Crippen LogP contribution is 2.26. The van der Waals surface area contributed by atoms with E-state index in [-0.39, 0.29) is 5.92 Å². The van der Waals surface area contributed by atoms with Crippen molar-refractivity contribution < 1.29 is 9.53 Å². The molecular formula is C14H25NO2. The van der Waals surface area contributed by atoms with Crippen molar-refractivity contribution in [2.75, 3.05) is 26.3 Å². The van der Waals surface area contributed by atoms with Gasteiger partial charge in [0.2, 0.25) is 0 Å². The number of nitrogens with one attached hydrogen (secondary N) is 1. The van der Waals surface area contributed by atoms with Crippen LogP contribution in [-0.2, 0) is 9.53 Å². The zero-order valence-corrected chi connectivity index (χ0v) is 10.9. The van der Waals surface area contributed by atoms with Gasteiger partial charge in [-0.15, -0.1) is 0 Å². The van der Waals surface area contributed by atoms with E-state index in [2.05, 4.69) is 12.2 Å². The Labute approximate surface area is 104 Å². The van der Waals surface area contributed by atoms with Crippen LogP contribution in [0.3, 0.4) is 0 Å². The van der Waals surface area contributed by atoms with Gasteiger partial charge in [-0.2, -0.15) is 0 Å². The summed E-state index contributed by atoms with van der Waals surface area (Å²) in [6, 6.07) is 0. The van der Waals surface area contributed by atoms with E-state index >= 15 is 0 Å². The molecule has 2 rings (SSSR count). The number of hydrogen-bond acceptors (Lipinski definition) is 3. The molecule has 0 aromatic heterocycles. The topological polar surface area (TPSA) is 38.3 Å². The number of carbonyl (C=O) groups is 1. The summed E-state index contributed by atoms with van der Waals surface area (Å²) < 4.78 is 5.31. The van der Waals surface area contributed by atoms with Crippen LogP contribution in [0.1, 0.15) is 39.0 Å². The molecule has 98 valence electrons. The average Bonchev–Trinajstić information content (AvgIpc) is 2.40. The van der Waals surface area contributed by atoms with E-state index in [9.17, 15) is 4.79 Å². The summed E-state index contributed by atoms with van der Waals surface area (Å²) in [5.41, 5.74) is 0. The highest BCUT2D eigenvalue weighted by atomic mass is 16.5. The van der Waals surface area contributed by atoms with Gasteiger partial charge >= 0.3 is 0 Å². The van der Waals surface area contributed by atoms with Gasteiger partial charge < -0.3 is 10.1 Å². The van der Waals surface area contributed by atoms with Crippen molar-refractivity contribution in [1.82, 2.24) is 5.32 Å². The fraction of sp³-hybridized carbons (Fsp3) is 0.929. The van der Waals surface area contributed by atoms with Gasteiger partial charge in [-0.25, -0.2) is 0 Å². The minimum Gasteiger partial charge on any atom is -0.381 e. The van der Waals surface area contributed by atoms with Crippen molar-refractivity contribution in [2.24, 2.45) is 17.8 Å². The Morgan fingerprint density at radius 3 is 2.76 bits per heavy atom. The number of rotatable bonds is 4. The lowest BCUT2D eigenvalue weighted by Gasteiger charge is -2.29. The fourth-order valence-electron chi connectivity index (χ4n) is 3.03. The normalized spacial score (nSPS) is 28.9. The first kappa shape index (κ1) is 13.0. The molecule has 1 N–H and O–H groups in total. The van der Waals surface area contributed by atoms with E-state index < -0.39 is 0 Å². The number of Topliss-reactive ketones (excluding diaryl/α,β-unsaturated/α-hetero) is 1. The summed E-state index contributed by atoms with van der Waals surface area (Å²) in [5, 5.41) is 3.44. The third-order valence-corrected chi connectivity index (χ3v) is 4.34. The third kappa shape index (κ3) is 3.78. The number of carbonyl (C=O) groups excluding carboxylic acids is 1. The highest BCUT2D eigenvalue weighted by Gasteiger charge is 2.26. The maximum absolute atomic E-state index is 12.2. The smallest absolute Gasteiger partial charge is 0.136 e. The lowest BCUT2D eigenvalue weighted by atomic mass is 9.81. The average molecular weight is 239 g/mol. The molecule has 2 aliphatic rings. The van der Waals surface area contributed by atoms with Crippen LogP contribution in [0, 0.1) is 17.8 Å². The van der Waals surface area contributed by atoms with E-state index in [1.807, 2.05) is 0 Å². The van der Waals surface area contributed by atoms with Crippen molar-refractivity contribution in [3.05, 3.63) is 0 Å². The van der Waals surface area contributed by atoms with Gasteiger partial charge in [0.15, 0.2) is 0 Å². The second kappa shape index (κ2) is 6.50. The van der Waals surface area contributed by atoms with Gasteiger partial charge in [-0.1, -0.05) is 6.92 Å². The molecule has 0 saturated carbocycles. The van der Waals surface area contributed by atoms with Crippen molar-refractivity contribution in [1.29, 1.82) is 0 Å². The van der Waals surface area contributed by atoms with Gasteiger partial charge in [0.25, 0.3) is 0 Å². The van der Waals surface area contributed by atoms with Crippen LogP contribution in [0.4, 0.5) is 0 Å². The summed E-state index contributed by atoms with van der Waals surface area (Å²) in [5.74, 6) is 2.00.